The van der Waals surface area contributed by atoms with E-state index in [9.17, 15) is 18.0 Å². The molecule has 0 saturated carbocycles. The predicted octanol–water partition coefficient (Wildman–Crippen LogP) is 2.94. The molecule has 0 aliphatic heterocycles. The molecule has 0 amide bonds. The molecule has 1 aromatic rings. The number of carbonyl (C=O) groups is 1. The highest BCUT2D eigenvalue weighted by Gasteiger charge is 2.21. The van der Waals surface area contributed by atoms with E-state index in [1.807, 2.05) is 0 Å². The summed E-state index contributed by atoms with van der Waals surface area (Å²) < 4.78 is 42.4. The number of halogens is 4. The predicted molar refractivity (Wildman–Crippen MR) is 57.8 cm³/mol. The van der Waals surface area contributed by atoms with Crippen LogP contribution in [0.15, 0.2) is 6.07 Å². The average molecular weight is 345 g/mol. The number of ether oxygens (including phenoxy) is 1. The summed E-state index contributed by atoms with van der Waals surface area (Å²) >= 11 is 1.51. The van der Waals surface area contributed by atoms with Crippen molar-refractivity contribution in [2.45, 2.75) is 13.3 Å². The monoisotopic (exact) mass is 345 g/mol. The van der Waals surface area contributed by atoms with Crippen molar-refractivity contribution in [3.05, 3.63) is 26.8 Å². The Kier molecular flexibility index (Phi) is 4.51. The average Bonchev–Trinajstić information content (AvgIpc) is 2.21. The molecule has 1 rings (SSSR count). The van der Waals surface area contributed by atoms with Crippen LogP contribution in [0, 0.1) is 9.39 Å². The Bertz CT molecular complexity index is 412. The maximum Gasteiger partial charge on any atom is 0.356 e. The molecule has 3 nitrogen and oxygen atoms in total. The van der Waals surface area contributed by atoms with Gasteiger partial charge in [-0.15, -0.1) is 0 Å². The molecular formula is C9H7F3INO2. The van der Waals surface area contributed by atoms with Gasteiger partial charge in [-0.05, 0) is 35.6 Å². The number of aromatic nitrogens is 1. The van der Waals surface area contributed by atoms with E-state index in [-0.39, 0.29) is 15.9 Å². The maximum absolute atomic E-state index is 13.2. The summed E-state index contributed by atoms with van der Waals surface area (Å²) in [6.45, 7) is 1.67. The maximum atomic E-state index is 13.2. The molecule has 0 spiro atoms. The van der Waals surface area contributed by atoms with E-state index in [2.05, 4.69) is 9.72 Å². The van der Waals surface area contributed by atoms with Crippen molar-refractivity contribution in [2.24, 2.45) is 0 Å². The Balaban J connectivity index is 3.18. The zero-order valence-electron chi connectivity index (χ0n) is 8.14. The van der Waals surface area contributed by atoms with Crippen LogP contribution in [0.4, 0.5) is 13.2 Å². The summed E-state index contributed by atoms with van der Waals surface area (Å²) in [5.41, 5.74) is -1.35. The second-order valence-corrected chi connectivity index (χ2v) is 3.87. The van der Waals surface area contributed by atoms with Gasteiger partial charge in [0.05, 0.1) is 10.2 Å². The quantitative estimate of drug-likeness (QED) is 0.625. The minimum Gasteiger partial charge on any atom is -0.461 e. The lowest BCUT2D eigenvalue weighted by Crippen LogP contribution is -2.11. The number of carbonyl (C=O) groups excluding carboxylic acids is 1. The van der Waals surface area contributed by atoms with Crippen molar-refractivity contribution in [2.75, 3.05) is 6.61 Å². The third-order valence-electron chi connectivity index (χ3n) is 1.63. The van der Waals surface area contributed by atoms with Gasteiger partial charge in [0.15, 0.2) is 5.82 Å². The second kappa shape index (κ2) is 5.46. The number of hydrogen-bond donors (Lipinski definition) is 0. The molecule has 0 aromatic carbocycles. The number of pyridine rings is 1. The summed E-state index contributed by atoms with van der Waals surface area (Å²) in [6.07, 6.45) is -3.07. The minimum absolute atomic E-state index is 0.0917. The lowest BCUT2D eigenvalue weighted by molar-refractivity contribution is 0.0517. The van der Waals surface area contributed by atoms with Gasteiger partial charge in [0.1, 0.15) is 11.4 Å². The number of hydrogen-bond acceptors (Lipinski definition) is 3. The molecule has 0 unspecified atom stereocenters. The molecule has 88 valence electrons. The van der Waals surface area contributed by atoms with Gasteiger partial charge in [-0.1, -0.05) is 0 Å². The summed E-state index contributed by atoms with van der Waals surface area (Å²) in [7, 11) is 0. The van der Waals surface area contributed by atoms with Gasteiger partial charge in [-0.2, -0.15) is 0 Å². The Labute approximate surface area is 103 Å². The fourth-order valence-corrected chi connectivity index (χ4v) is 1.54. The van der Waals surface area contributed by atoms with E-state index in [0.717, 1.165) is 6.07 Å². The fourth-order valence-electron chi connectivity index (χ4n) is 0.971. The van der Waals surface area contributed by atoms with Crippen LogP contribution in [-0.2, 0) is 4.74 Å². The van der Waals surface area contributed by atoms with Gasteiger partial charge >= 0.3 is 5.97 Å². The first-order chi connectivity index (χ1) is 7.47. The number of nitrogens with zero attached hydrogens (tertiary/aromatic N) is 1. The van der Waals surface area contributed by atoms with Crippen LogP contribution in [0.25, 0.3) is 0 Å². The van der Waals surface area contributed by atoms with Crippen LogP contribution >= 0.6 is 22.6 Å². The van der Waals surface area contributed by atoms with Gasteiger partial charge < -0.3 is 4.74 Å². The summed E-state index contributed by atoms with van der Waals surface area (Å²) in [4.78, 5) is 14.5. The molecule has 0 atom stereocenters. The first-order valence-electron chi connectivity index (χ1n) is 4.28. The lowest BCUT2D eigenvalue weighted by Gasteiger charge is -2.06. The van der Waals surface area contributed by atoms with Crippen LogP contribution in [-0.4, -0.2) is 17.6 Å². The fraction of sp³-hybridized carbons (Fsp3) is 0.333. The summed E-state index contributed by atoms with van der Waals surface area (Å²) in [6, 6.07) is 1.07. The molecule has 0 aliphatic carbocycles. The second-order valence-electron chi connectivity index (χ2n) is 2.71. The number of rotatable bonds is 3. The van der Waals surface area contributed by atoms with Crippen molar-refractivity contribution < 1.29 is 22.7 Å². The van der Waals surface area contributed by atoms with Crippen LogP contribution in [0.3, 0.4) is 0 Å². The van der Waals surface area contributed by atoms with Crippen molar-refractivity contribution in [3.8, 4) is 0 Å². The van der Waals surface area contributed by atoms with Gasteiger partial charge in [0.25, 0.3) is 6.43 Å². The van der Waals surface area contributed by atoms with Crippen LogP contribution in [0.5, 0.6) is 0 Å². The van der Waals surface area contributed by atoms with Gasteiger partial charge in [0.2, 0.25) is 0 Å². The van der Waals surface area contributed by atoms with Crippen LogP contribution in [0.1, 0.15) is 29.5 Å². The Morgan fingerprint density at radius 1 is 1.62 bits per heavy atom. The summed E-state index contributed by atoms with van der Waals surface area (Å²) in [5, 5.41) is 0. The third-order valence-corrected chi connectivity index (χ3v) is 2.42. The molecule has 1 aromatic heterocycles. The van der Waals surface area contributed by atoms with E-state index in [0.29, 0.717) is 0 Å². The van der Waals surface area contributed by atoms with Crippen molar-refractivity contribution in [1.29, 1.82) is 0 Å². The highest BCUT2D eigenvalue weighted by molar-refractivity contribution is 14.1. The zero-order valence-corrected chi connectivity index (χ0v) is 10.3. The molecule has 0 fully saturated rings. The van der Waals surface area contributed by atoms with E-state index in [4.69, 9.17) is 0 Å². The van der Waals surface area contributed by atoms with Crippen LogP contribution < -0.4 is 0 Å². The lowest BCUT2D eigenvalue weighted by atomic mass is 10.3. The molecule has 7 heteroatoms. The number of esters is 1. The highest BCUT2D eigenvalue weighted by Crippen LogP contribution is 2.24. The Hall–Kier alpha value is -0.860. The molecule has 0 N–H and O–H groups in total. The Morgan fingerprint density at radius 2 is 2.25 bits per heavy atom. The van der Waals surface area contributed by atoms with E-state index < -0.39 is 23.9 Å². The molecule has 0 radical (unpaired) electrons. The van der Waals surface area contributed by atoms with E-state index in [1.165, 1.54) is 22.6 Å². The number of alkyl halides is 2. The standard InChI is InChI=1S/C9H7F3INO2/c1-2-16-9(15)5-3-4(13)6(10)7(14-5)8(11)12/h3,8H,2H2,1H3. The van der Waals surface area contributed by atoms with Crippen molar-refractivity contribution >= 4 is 28.6 Å². The van der Waals surface area contributed by atoms with Gasteiger partial charge in [-0.25, -0.2) is 22.9 Å². The first kappa shape index (κ1) is 13.2. The molecule has 0 aliphatic rings. The minimum atomic E-state index is -3.07. The van der Waals surface area contributed by atoms with Crippen molar-refractivity contribution in [1.82, 2.24) is 4.98 Å². The van der Waals surface area contributed by atoms with Crippen molar-refractivity contribution in [3.63, 3.8) is 0 Å². The van der Waals surface area contributed by atoms with Gasteiger partial charge in [0, 0.05) is 0 Å². The molecular weight excluding hydrogens is 338 g/mol. The molecule has 0 bridgehead atoms. The normalized spacial score (nSPS) is 10.6. The largest absolute Gasteiger partial charge is 0.461 e. The van der Waals surface area contributed by atoms with E-state index in [1.54, 1.807) is 6.92 Å². The van der Waals surface area contributed by atoms with E-state index >= 15 is 0 Å². The summed E-state index contributed by atoms with van der Waals surface area (Å²) in [5.74, 6) is -1.95. The highest BCUT2D eigenvalue weighted by atomic mass is 127. The molecule has 0 saturated heterocycles. The zero-order chi connectivity index (χ0) is 12.3. The topological polar surface area (TPSA) is 39.2 Å². The molecule has 16 heavy (non-hydrogen) atoms. The first-order valence-corrected chi connectivity index (χ1v) is 5.36. The third kappa shape index (κ3) is 2.83. The smallest absolute Gasteiger partial charge is 0.356 e. The SMILES string of the molecule is CCOC(=O)c1cc(I)c(F)c(C(F)F)n1. The molecule has 1 heterocycles. The van der Waals surface area contributed by atoms with Gasteiger partial charge in [-0.3, -0.25) is 0 Å². The van der Waals surface area contributed by atoms with Crippen LogP contribution in [0.2, 0.25) is 0 Å². The Morgan fingerprint density at radius 3 is 2.75 bits per heavy atom.